The number of carboxylic acid groups (broad SMARTS) is 1. The van der Waals surface area contributed by atoms with Gasteiger partial charge in [-0.2, -0.15) is 4.31 Å². The molecule has 0 saturated carbocycles. The van der Waals surface area contributed by atoms with E-state index in [1.807, 2.05) is 6.92 Å². The van der Waals surface area contributed by atoms with Gasteiger partial charge in [0.25, 0.3) is 10.0 Å². The number of rotatable bonds is 6. The third-order valence-electron chi connectivity index (χ3n) is 3.52. The van der Waals surface area contributed by atoms with Gasteiger partial charge in [0.05, 0.1) is 0 Å². The van der Waals surface area contributed by atoms with Crippen molar-refractivity contribution in [2.24, 2.45) is 0 Å². The monoisotopic (exact) mass is 332 g/mol. The van der Waals surface area contributed by atoms with Crippen LogP contribution in [0.1, 0.15) is 35.9 Å². The van der Waals surface area contributed by atoms with Gasteiger partial charge in [0.1, 0.15) is 9.09 Å². The van der Waals surface area contributed by atoms with Crippen LogP contribution in [-0.4, -0.2) is 49.5 Å². The number of thiophene rings is 1. The standard InChI is InChI=1S/C13H20N2O4S2/c1-2-9-15(10-5-7-14-8-6-10)21(18,19)12-4-3-11(20-12)13(16)17/h3-4,10,14H,2,5-9H2,1H3,(H,16,17). The predicted molar refractivity (Wildman–Crippen MR) is 81.4 cm³/mol. The Morgan fingerprint density at radius 3 is 2.62 bits per heavy atom. The maximum Gasteiger partial charge on any atom is 0.345 e. The van der Waals surface area contributed by atoms with Crippen molar-refractivity contribution < 1.29 is 18.3 Å². The second-order valence-corrected chi connectivity index (χ2v) is 8.22. The Labute approximate surface area is 128 Å². The minimum absolute atomic E-state index is 0.00780. The Hall–Kier alpha value is -0.960. The van der Waals surface area contributed by atoms with Gasteiger partial charge in [-0.05, 0) is 44.5 Å². The van der Waals surface area contributed by atoms with Gasteiger partial charge >= 0.3 is 5.97 Å². The van der Waals surface area contributed by atoms with E-state index in [4.69, 9.17) is 5.11 Å². The number of carboxylic acids is 1. The number of hydrogen-bond donors (Lipinski definition) is 2. The molecule has 1 aromatic heterocycles. The molecule has 0 aliphatic carbocycles. The quantitative estimate of drug-likeness (QED) is 0.826. The molecule has 0 aromatic carbocycles. The molecule has 2 rings (SSSR count). The average Bonchev–Trinajstić information content (AvgIpc) is 2.96. The first kappa shape index (κ1) is 16.4. The van der Waals surface area contributed by atoms with Crippen molar-refractivity contribution >= 4 is 27.3 Å². The lowest BCUT2D eigenvalue weighted by atomic mass is 10.1. The van der Waals surface area contributed by atoms with Crippen molar-refractivity contribution in [3.8, 4) is 0 Å². The summed E-state index contributed by atoms with van der Waals surface area (Å²) in [5.41, 5.74) is 0. The summed E-state index contributed by atoms with van der Waals surface area (Å²) >= 11 is 0.821. The van der Waals surface area contributed by atoms with Crippen molar-refractivity contribution in [1.29, 1.82) is 0 Å². The number of nitrogens with zero attached hydrogens (tertiary/aromatic N) is 1. The molecule has 6 nitrogen and oxygen atoms in total. The van der Waals surface area contributed by atoms with E-state index in [9.17, 15) is 13.2 Å². The fourth-order valence-corrected chi connectivity index (χ4v) is 5.55. The maximum absolute atomic E-state index is 12.8. The normalized spacial score (nSPS) is 17.2. The van der Waals surface area contributed by atoms with Gasteiger partial charge in [-0.1, -0.05) is 6.92 Å². The third kappa shape index (κ3) is 3.63. The fraction of sp³-hybridized carbons (Fsp3) is 0.615. The van der Waals surface area contributed by atoms with Crippen LogP contribution >= 0.6 is 11.3 Å². The van der Waals surface area contributed by atoms with Gasteiger partial charge in [0, 0.05) is 12.6 Å². The minimum atomic E-state index is -3.61. The number of piperidine rings is 1. The average molecular weight is 332 g/mol. The van der Waals surface area contributed by atoms with E-state index in [2.05, 4.69) is 5.32 Å². The van der Waals surface area contributed by atoms with Crippen LogP contribution in [0.4, 0.5) is 0 Å². The van der Waals surface area contributed by atoms with E-state index >= 15 is 0 Å². The van der Waals surface area contributed by atoms with Crippen LogP contribution in [0.25, 0.3) is 0 Å². The molecule has 1 fully saturated rings. The molecule has 0 spiro atoms. The Balaban J connectivity index is 2.29. The topological polar surface area (TPSA) is 86.7 Å². The van der Waals surface area contributed by atoms with Crippen LogP contribution < -0.4 is 5.32 Å². The van der Waals surface area contributed by atoms with E-state index in [0.29, 0.717) is 6.54 Å². The predicted octanol–water partition coefficient (Wildman–Crippen LogP) is 1.60. The Morgan fingerprint density at radius 2 is 2.10 bits per heavy atom. The molecule has 8 heteroatoms. The lowest BCUT2D eigenvalue weighted by Crippen LogP contribution is -2.46. The molecule has 21 heavy (non-hydrogen) atoms. The van der Waals surface area contributed by atoms with Crippen LogP contribution in [0.2, 0.25) is 0 Å². The second kappa shape index (κ2) is 6.87. The summed E-state index contributed by atoms with van der Waals surface area (Å²) in [5, 5.41) is 12.2. The Bertz CT molecular complexity index is 591. The number of nitrogens with one attached hydrogen (secondary N) is 1. The van der Waals surface area contributed by atoms with Gasteiger partial charge in [0.15, 0.2) is 0 Å². The lowest BCUT2D eigenvalue weighted by molar-refractivity contribution is 0.0702. The van der Waals surface area contributed by atoms with Crippen molar-refractivity contribution in [2.75, 3.05) is 19.6 Å². The molecule has 0 atom stereocenters. The summed E-state index contributed by atoms with van der Waals surface area (Å²) in [6.45, 7) is 4.03. The summed E-state index contributed by atoms with van der Waals surface area (Å²) in [6, 6.07) is 2.74. The van der Waals surface area contributed by atoms with Crippen molar-refractivity contribution in [1.82, 2.24) is 9.62 Å². The van der Waals surface area contributed by atoms with Gasteiger partial charge in [-0.25, -0.2) is 13.2 Å². The molecule has 118 valence electrons. The highest BCUT2D eigenvalue weighted by Crippen LogP contribution is 2.28. The molecule has 0 bridgehead atoms. The molecule has 0 radical (unpaired) electrons. The first-order valence-electron chi connectivity index (χ1n) is 7.02. The molecular weight excluding hydrogens is 312 g/mol. The second-order valence-electron chi connectivity index (χ2n) is 5.02. The Kier molecular flexibility index (Phi) is 5.37. The zero-order valence-corrected chi connectivity index (χ0v) is 13.5. The number of carbonyl (C=O) groups is 1. The fourth-order valence-electron chi connectivity index (χ4n) is 2.50. The van der Waals surface area contributed by atoms with Gasteiger partial charge in [0.2, 0.25) is 0 Å². The molecule has 2 N–H and O–H groups in total. The SMILES string of the molecule is CCCN(C1CCNCC1)S(=O)(=O)c1ccc(C(=O)O)s1. The third-order valence-corrected chi connectivity index (χ3v) is 7.01. The first-order chi connectivity index (χ1) is 9.96. The van der Waals surface area contributed by atoms with E-state index in [-0.39, 0.29) is 15.1 Å². The highest BCUT2D eigenvalue weighted by Gasteiger charge is 2.33. The molecule has 1 aliphatic rings. The smallest absolute Gasteiger partial charge is 0.345 e. The molecule has 0 amide bonds. The van der Waals surface area contributed by atoms with Crippen LogP contribution in [0.3, 0.4) is 0 Å². The number of hydrogen-bond acceptors (Lipinski definition) is 5. The molecule has 1 aromatic rings. The minimum Gasteiger partial charge on any atom is -0.477 e. The summed E-state index contributed by atoms with van der Waals surface area (Å²) in [6.07, 6.45) is 2.31. The summed E-state index contributed by atoms with van der Waals surface area (Å²) in [4.78, 5) is 11.0. The van der Waals surface area contributed by atoms with Crippen molar-refractivity contribution in [3.63, 3.8) is 0 Å². The van der Waals surface area contributed by atoms with Gasteiger partial charge < -0.3 is 10.4 Å². The van der Waals surface area contributed by atoms with Crippen LogP contribution in [0, 0.1) is 0 Å². The van der Waals surface area contributed by atoms with E-state index in [0.717, 1.165) is 43.7 Å². The molecule has 0 unspecified atom stereocenters. The molecule has 2 heterocycles. The molecular formula is C13H20N2O4S2. The zero-order chi connectivity index (χ0) is 15.5. The van der Waals surface area contributed by atoms with Gasteiger partial charge in [-0.15, -0.1) is 11.3 Å². The lowest BCUT2D eigenvalue weighted by Gasteiger charge is -2.33. The van der Waals surface area contributed by atoms with Crippen LogP contribution in [0.15, 0.2) is 16.3 Å². The molecule has 1 saturated heterocycles. The van der Waals surface area contributed by atoms with E-state index in [1.165, 1.54) is 12.1 Å². The maximum atomic E-state index is 12.8. The van der Waals surface area contributed by atoms with E-state index in [1.54, 1.807) is 4.31 Å². The van der Waals surface area contributed by atoms with Crippen molar-refractivity contribution in [2.45, 2.75) is 36.4 Å². The molecule has 1 aliphatic heterocycles. The summed E-state index contributed by atoms with van der Waals surface area (Å²) < 4.78 is 27.2. The first-order valence-corrected chi connectivity index (χ1v) is 9.28. The Morgan fingerprint density at radius 1 is 1.43 bits per heavy atom. The number of aromatic carboxylic acids is 1. The summed E-state index contributed by atoms with van der Waals surface area (Å²) in [5.74, 6) is -1.09. The van der Waals surface area contributed by atoms with Crippen LogP contribution in [0.5, 0.6) is 0 Å². The summed E-state index contributed by atoms with van der Waals surface area (Å²) in [7, 11) is -3.61. The number of sulfonamides is 1. The highest BCUT2D eigenvalue weighted by molar-refractivity contribution is 7.91. The van der Waals surface area contributed by atoms with Crippen LogP contribution in [-0.2, 0) is 10.0 Å². The van der Waals surface area contributed by atoms with Crippen molar-refractivity contribution in [3.05, 3.63) is 17.0 Å². The van der Waals surface area contributed by atoms with E-state index < -0.39 is 16.0 Å². The largest absolute Gasteiger partial charge is 0.477 e. The van der Waals surface area contributed by atoms with Gasteiger partial charge in [-0.3, -0.25) is 0 Å². The zero-order valence-electron chi connectivity index (χ0n) is 11.9. The highest BCUT2D eigenvalue weighted by atomic mass is 32.2.